The normalized spacial score (nSPS) is 10.1. The second-order valence-electron chi connectivity index (χ2n) is 4.68. The number of hydrogen-bond donors (Lipinski definition) is 1. The largest absolute Gasteiger partial charge is 0.492 e. The molecule has 0 heterocycles. The molecule has 0 saturated heterocycles. The average Bonchev–Trinajstić information content (AvgIpc) is 2.55. The molecule has 0 saturated carbocycles. The highest BCUT2D eigenvalue weighted by atomic mass is 79.9. The summed E-state index contributed by atoms with van der Waals surface area (Å²) in [4.78, 5) is 23.9. The number of benzene rings is 2. The van der Waals surface area contributed by atoms with Gasteiger partial charge in [-0.15, -0.1) is 0 Å². The van der Waals surface area contributed by atoms with Crippen LogP contribution in [0.4, 0.5) is 10.1 Å². The van der Waals surface area contributed by atoms with Gasteiger partial charge in [-0.1, -0.05) is 12.1 Å². The Balaban J connectivity index is 1.95. The fourth-order valence-electron chi connectivity index (χ4n) is 1.90. The summed E-state index contributed by atoms with van der Waals surface area (Å²) >= 11 is 3.08. The van der Waals surface area contributed by atoms with Crippen LogP contribution in [0.25, 0.3) is 0 Å². The smallest absolute Gasteiger partial charge is 0.339 e. The Hall–Kier alpha value is -2.41. The molecule has 0 radical (unpaired) electrons. The van der Waals surface area contributed by atoms with Gasteiger partial charge in [0.15, 0.2) is 6.61 Å². The van der Waals surface area contributed by atoms with Crippen molar-refractivity contribution in [3.05, 3.63) is 58.3 Å². The van der Waals surface area contributed by atoms with Crippen LogP contribution >= 0.6 is 15.9 Å². The molecule has 1 amide bonds. The molecule has 1 N–H and O–H groups in total. The second-order valence-corrected chi connectivity index (χ2v) is 5.53. The zero-order valence-electron chi connectivity index (χ0n) is 12.8. The van der Waals surface area contributed by atoms with E-state index in [1.807, 2.05) is 6.92 Å². The standard InChI is InChI=1S/C17H15BrFNO4/c1-2-23-15-6-4-3-5-14(15)20-16(21)10-24-17(22)12-8-7-11(19)9-13(12)18/h3-9H,2,10H2,1H3,(H,20,21). The van der Waals surface area contributed by atoms with Crippen molar-refractivity contribution in [2.75, 3.05) is 18.5 Å². The molecule has 5 nitrogen and oxygen atoms in total. The van der Waals surface area contributed by atoms with Gasteiger partial charge in [0.2, 0.25) is 0 Å². The van der Waals surface area contributed by atoms with E-state index in [4.69, 9.17) is 9.47 Å². The Kier molecular flexibility index (Phi) is 6.31. The van der Waals surface area contributed by atoms with Gasteiger partial charge >= 0.3 is 5.97 Å². The number of carbonyl (C=O) groups excluding carboxylic acids is 2. The Morgan fingerprint density at radius 3 is 2.67 bits per heavy atom. The van der Waals surface area contributed by atoms with Crippen LogP contribution in [0, 0.1) is 5.82 Å². The third-order valence-corrected chi connectivity index (χ3v) is 3.60. The minimum atomic E-state index is -0.727. The van der Waals surface area contributed by atoms with Crippen LogP contribution in [0.1, 0.15) is 17.3 Å². The number of carbonyl (C=O) groups is 2. The fraction of sp³-hybridized carbons (Fsp3) is 0.176. The molecular formula is C17H15BrFNO4. The van der Waals surface area contributed by atoms with Crippen LogP contribution < -0.4 is 10.1 Å². The van der Waals surface area contributed by atoms with Gasteiger partial charge in [-0.3, -0.25) is 4.79 Å². The van der Waals surface area contributed by atoms with Crippen LogP contribution in [0.5, 0.6) is 5.75 Å². The molecule has 7 heteroatoms. The number of amides is 1. The minimum absolute atomic E-state index is 0.138. The molecule has 2 rings (SSSR count). The summed E-state index contributed by atoms with van der Waals surface area (Å²) in [5, 5.41) is 2.61. The average molecular weight is 396 g/mol. The lowest BCUT2D eigenvalue weighted by molar-refractivity contribution is -0.119. The number of anilines is 1. The summed E-state index contributed by atoms with van der Waals surface area (Å²) in [6.07, 6.45) is 0. The molecule has 0 atom stereocenters. The first-order valence-electron chi connectivity index (χ1n) is 7.15. The highest BCUT2D eigenvalue weighted by Gasteiger charge is 2.15. The van der Waals surface area contributed by atoms with E-state index in [2.05, 4.69) is 21.2 Å². The summed E-state index contributed by atoms with van der Waals surface area (Å²) in [5.41, 5.74) is 0.627. The maximum Gasteiger partial charge on any atom is 0.339 e. The third-order valence-electron chi connectivity index (χ3n) is 2.95. The molecule has 0 aliphatic heterocycles. The van der Waals surface area contributed by atoms with Gasteiger partial charge in [-0.2, -0.15) is 0 Å². The lowest BCUT2D eigenvalue weighted by Gasteiger charge is -2.11. The molecule has 0 bridgehead atoms. The van der Waals surface area contributed by atoms with E-state index in [0.29, 0.717) is 18.0 Å². The summed E-state index contributed by atoms with van der Waals surface area (Å²) < 4.78 is 23.6. The van der Waals surface area contributed by atoms with Crippen LogP contribution in [0.3, 0.4) is 0 Å². The summed E-state index contributed by atoms with van der Waals surface area (Å²) in [6, 6.07) is 10.5. The fourth-order valence-corrected chi connectivity index (χ4v) is 2.41. The topological polar surface area (TPSA) is 64.6 Å². The summed E-state index contributed by atoms with van der Waals surface area (Å²) in [5.74, 6) is -1.19. The van der Waals surface area contributed by atoms with Gasteiger partial charge in [0.05, 0.1) is 17.9 Å². The van der Waals surface area contributed by atoms with Crippen LogP contribution in [-0.2, 0) is 9.53 Å². The first kappa shape index (κ1) is 17.9. The SMILES string of the molecule is CCOc1ccccc1NC(=O)COC(=O)c1ccc(F)cc1Br. The highest BCUT2D eigenvalue weighted by Crippen LogP contribution is 2.23. The minimum Gasteiger partial charge on any atom is -0.492 e. The molecule has 2 aromatic rings. The van der Waals surface area contributed by atoms with Crippen molar-refractivity contribution in [2.45, 2.75) is 6.92 Å². The Morgan fingerprint density at radius 2 is 1.96 bits per heavy atom. The van der Waals surface area contributed by atoms with Crippen LogP contribution in [-0.4, -0.2) is 25.1 Å². The van der Waals surface area contributed by atoms with Gasteiger partial charge < -0.3 is 14.8 Å². The van der Waals surface area contributed by atoms with Crippen molar-refractivity contribution in [2.24, 2.45) is 0 Å². The number of esters is 1. The lowest BCUT2D eigenvalue weighted by Crippen LogP contribution is -2.21. The monoisotopic (exact) mass is 395 g/mol. The summed E-state index contributed by atoms with van der Waals surface area (Å²) in [6.45, 7) is 1.82. The number of ether oxygens (including phenoxy) is 2. The van der Waals surface area contributed by atoms with Gasteiger partial charge in [-0.05, 0) is 53.2 Å². The highest BCUT2D eigenvalue weighted by molar-refractivity contribution is 9.10. The van der Waals surface area contributed by atoms with E-state index >= 15 is 0 Å². The summed E-state index contributed by atoms with van der Waals surface area (Å²) in [7, 11) is 0. The van der Waals surface area contributed by atoms with E-state index in [1.54, 1.807) is 24.3 Å². The predicted octanol–water partition coefficient (Wildman–Crippen LogP) is 3.78. The van der Waals surface area contributed by atoms with Crippen molar-refractivity contribution in [3.8, 4) is 5.75 Å². The predicted molar refractivity (Wildman–Crippen MR) is 90.6 cm³/mol. The zero-order chi connectivity index (χ0) is 17.5. The van der Waals surface area contributed by atoms with Gasteiger partial charge in [-0.25, -0.2) is 9.18 Å². The first-order chi connectivity index (χ1) is 11.5. The van der Waals surface area contributed by atoms with Crippen molar-refractivity contribution < 1.29 is 23.5 Å². The number of para-hydroxylation sites is 2. The van der Waals surface area contributed by atoms with Crippen molar-refractivity contribution in [1.29, 1.82) is 0 Å². The molecule has 0 aromatic heterocycles. The number of rotatable bonds is 6. The van der Waals surface area contributed by atoms with Crippen molar-refractivity contribution in [3.63, 3.8) is 0 Å². The van der Waals surface area contributed by atoms with E-state index in [9.17, 15) is 14.0 Å². The third kappa shape index (κ3) is 4.79. The van der Waals surface area contributed by atoms with Crippen molar-refractivity contribution in [1.82, 2.24) is 0 Å². The van der Waals surface area contributed by atoms with Crippen LogP contribution in [0.15, 0.2) is 46.9 Å². The van der Waals surface area contributed by atoms with E-state index in [0.717, 1.165) is 12.1 Å². The molecule has 0 aliphatic carbocycles. The first-order valence-corrected chi connectivity index (χ1v) is 7.94. The van der Waals surface area contributed by atoms with Gasteiger partial charge in [0.25, 0.3) is 5.91 Å². The Morgan fingerprint density at radius 1 is 1.21 bits per heavy atom. The molecule has 0 unspecified atom stereocenters. The number of halogens is 2. The number of nitrogens with one attached hydrogen (secondary N) is 1. The second kappa shape index (κ2) is 8.44. The molecule has 0 spiro atoms. The lowest BCUT2D eigenvalue weighted by atomic mass is 10.2. The molecule has 24 heavy (non-hydrogen) atoms. The molecule has 126 valence electrons. The molecular weight excluding hydrogens is 381 g/mol. The quantitative estimate of drug-likeness (QED) is 0.755. The van der Waals surface area contributed by atoms with Crippen LogP contribution in [0.2, 0.25) is 0 Å². The zero-order valence-corrected chi connectivity index (χ0v) is 14.4. The van der Waals surface area contributed by atoms with Crippen molar-refractivity contribution >= 4 is 33.5 Å². The van der Waals surface area contributed by atoms with E-state index in [1.165, 1.54) is 6.07 Å². The molecule has 0 fully saturated rings. The molecule has 2 aromatic carbocycles. The molecule has 0 aliphatic rings. The number of hydrogen-bond acceptors (Lipinski definition) is 4. The van der Waals surface area contributed by atoms with E-state index in [-0.39, 0.29) is 10.0 Å². The van der Waals surface area contributed by atoms with Gasteiger partial charge in [0, 0.05) is 4.47 Å². The van der Waals surface area contributed by atoms with Gasteiger partial charge in [0.1, 0.15) is 11.6 Å². The maximum atomic E-state index is 13.0. The maximum absolute atomic E-state index is 13.0. The Bertz CT molecular complexity index is 751. The van der Waals surface area contributed by atoms with E-state index < -0.39 is 24.3 Å². The Labute approximate surface area is 146 Å².